The lowest BCUT2D eigenvalue weighted by molar-refractivity contribution is 0.0729. The number of likely N-dealkylation sites (tertiary alicyclic amines) is 1. The maximum Gasteiger partial charge on any atom is 0.254 e. The molecule has 152 valence electrons. The molecular formula is C21H26N6O2. The number of nitrogens with zero attached hydrogens (tertiary/aromatic N) is 5. The number of morpholine rings is 1. The third kappa shape index (κ3) is 3.70. The first-order valence-corrected chi connectivity index (χ1v) is 10.4. The SMILES string of the molecule is O=C(c1ccnc(N2CCOCC2)c1)N1CCC[C@@H]1c1ncc2c(n1)CCNC2. The van der Waals surface area contributed by atoms with Crippen LogP contribution in [0, 0.1) is 0 Å². The lowest BCUT2D eigenvalue weighted by atomic mass is 10.1. The summed E-state index contributed by atoms with van der Waals surface area (Å²) in [5, 5.41) is 3.35. The number of pyridine rings is 1. The second kappa shape index (κ2) is 8.04. The minimum absolute atomic E-state index is 0.0346. The second-order valence-corrected chi connectivity index (χ2v) is 7.79. The molecule has 8 nitrogen and oxygen atoms in total. The van der Waals surface area contributed by atoms with Gasteiger partial charge in [0.1, 0.15) is 5.82 Å². The van der Waals surface area contributed by atoms with E-state index in [-0.39, 0.29) is 11.9 Å². The average Bonchev–Trinajstić information content (AvgIpc) is 3.29. The summed E-state index contributed by atoms with van der Waals surface area (Å²) in [5.41, 5.74) is 2.96. The van der Waals surface area contributed by atoms with Gasteiger partial charge in [-0.1, -0.05) is 0 Å². The van der Waals surface area contributed by atoms with E-state index < -0.39 is 0 Å². The summed E-state index contributed by atoms with van der Waals surface area (Å²) in [7, 11) is 0. The number of anilines is 1. The maximum absolute atomic E-state index is 13.3. The molecule has 2 saturated heterocycles. The third-order valence-electron chi connectivity index (χ3n) is 5.97. The molecule has 0 aromatic carbocycles. The molecule has 1 N–H and O–H groups in total. The number of nitrogens with one attached hydrogen (secondary N) is 1. The van der Waals surface area contributed by atoms with Crippen LogP contribution in [-0.4, -0.2) is 65.2 Å². The van der Waals surface area contributed by atoms with E-state index in [4.69, 9.17) is 9.72 Å². The second-order valence-electron chi connectivity index (χ2n) is 7.79. The highest BCUT2D eigenvalue weighted by Crippen LogP contribution is 2.32. The van der Waals surface area contributed by atoms with E-state index >= 15 is 0 Å². The predicted octanol–water partition coefficient (Wildman–Crippen LogP) is 1.33. The minimum atomic E-state index is -0.0531. The molecule has 1 amide bonds. The Labute approximate surface area is 170 Å². The number of hydrogen-bond donors (Lipinski definition) is 1. The Hall–Kier alpha value is -2.58. The molecule has 0 unspecified atom stereocenters. The van der Waals surface area contributed by atoms with E-state index in [1.807, 2.05) is 17.2 Å². The van der Waals surface area contributed by atoms with Gasteiger partial charge in [-0.15, -0.1) is 0 Å². The zero-order valence-corrected chi connectivity index (χ0v) is 16.5. The molecule has 2 aromatic rings. The van der Waals surface area contributed by atoms with E-state index in [9.17, 15) is 4.79 Å². The number of hydrogen-bond acceptors (Lipinski definition) is 7. The van der Waals surface area contributed by atoms with E-state index in [2.05, 4.69) is 20.2 Å². The summed E-state index contributed by atoms with van der Waals surface area (Å²) in [4.78, 5) is 31.4. The molecule has 1 atom stereocenters. The average molecular weight is 394 g/mol. The zero-order chi connectivity index (χ0) is 19.6. The van der Waals surface area contributed by atoms with Gasteiger partial charge in [0.05, 0.1) is 19.3 Å². The van der Waals surface area contributed by atoms with Crippen LogP contribution in [0.4, 0.5) is 5.82 Å². The number of carbonyl (C=O) groups is 1. The highest BCUT2D eigenvalue weighted by atomic mass is 16.5. The topological polar surface area (TPSA) is 83.5 Å². The number of ether oxygens (including phenoxy) is 1. The molecule has 2 fully saturated rings. The molecule has 0 saturated carbocycles. The molecule has 5 rings (SSSR count). The molecule has 3 aliphatic heterocycles. The standard InChI is InChI=1S/C21H26N6O2/c28-21(15-3-6-23-19(12-15)26-8-10-29-11-9-26)27-7-1-2-18(27)20-24-14-16-13-22-5-4-17(16)25-20/h3,6,12,14,18,22H,1-2,4-5,7-11,13H2/t18-/m1/s1. The van der Waals surface area contributed by atoms with E-state index in [1.54, 1.807) is 12.3 Å². The molecule has 0 bridgehead atoms. The smallest absolute Gasteiger partial charge is 0.254 e. The van der Waals surface area contributed by atoms with Crippen molar-refractivity contribution in [3.63, 3.8) is 0 Å². The van der Waals surface area contributed by atoms with Crippen LogP contribution in [0.15, 0.2) is 24.5 Å². The Bertz CT molecular complexity index is 898. The van der Waals surface area contributed by atoms with Crippen molar-refractivity contribution in [3.8, 4) is 0 Å². The fourth-order valence-corrected chi connectivity index (χ4v) is 4.37. The number of rotatable bonds is 3. The van der Waals surface area contributed by atoms with Crippen LogP contribution in [0.3, 0.4) is 0 Å². The van der Waals surface area contributed by atoms with Crippen LogP contribution < -0.4 is 10.2 Å². The summed E-state index contributed by atoms with van der Waals surface area (Å²) in [6.45, 7) is 5.49. The molecule has 8 heteroatoms. The summed E-state index contributed by atoms with van der Waals surface area (Å²) in [5.74, 6) is 1.65. The van der Waals surface area contributed by atoms with Crippen molar-refractivity contribution in [2.45, 2.75) is 31.8 Å². The monoisotopic (exact) mass is 394 g/mol. The lowest BCUT2D eigenvalue weighted by Crippen LogP contribution is -2.37. The predicted molar refractivity (Wildman–Crippen MR) is 108 cm³/mol. The molecule has 0 aliphatic carbocycles. The van der Waals surface area contributed by atoms with E-state index in [0.717, 1.165) is 69.3 Å². The van der Waals surface area contributed by atoms with Crippen molar-refractivity contribution in [3.05, 3.63) is 47.2 Å². The first kappa shape index (κ1) is 18.4. The van der Waals surface area contributed by atoms with Gasteiger partial charge in [-0.2, -0.15) is 0 Å². The highest BCUT2D eigenvalue weighted by Gasteiger charge is 2.33. The van der Waals surface area contributed by atoms with Crippen LogP contribution in [-0.2, 0) is 17.7 Å². The Kier molecular flexibility index (Phi) is 5.12. The molecular weight excluding hydrogens is 368 g/mol. The molecule has 0 radical (unpaired) electrons. The van der Waals surface area contributed by atoms with Gasteiger partial charge in [-0.25, -0.2) is 15.0 Å². The van der Waals surface area contributed by atoms with E-state index in [0.29, 0.717) is 18.8 Å². The van der Waals surface area contributed by atoms with Crippen LogP contribution in [0.1, 0.15) is 46.3 Å². The van der Waals surface area contributed by atoms with E-state index in [1.165, 1.54) is 5.56 Å². The largest absolute Gasteiger partial charge is 0.378 e. The van der Waals surface area contributed by atoms with Gasteiger partial charge < -0.3 is 19.9 Å². The van der Waals surface area contributed by atoms with Gasteiger partial charge in [0.2, 0.25) is 0 Å². The van der Waals surface area contributed by atoms with Crippen LogP contribution >= 0.6 is 0 Å². The fraction of sp³-hybridized carbons (Fsp3) is 0.524. The first-order chi connectivity index (χ1) is 14.3. The number of fused-ring (bicyclic) bond motifs is 1. The van der Waals surface area contributed by atoms with Crippen LogP contribution in [0.25, 0.3) is 0 Å². The van der Waals surface area contributed by atoms with Gasteiger partial charge in [0.15, 0.2) is 5.82 Å². The van der Waals surface area contributed by atoms with Gasteiger partial charge in [0, 0.05) is 68.4 Å². The van der Waals surface area contributed by atoms with Crippen molar-refractivity contribution >= 4 is 11.7 Å². The fourth-order valence-electron chi connectivity index (χ4n) is 4.37. The van der Waals surface area contributed by atoms with Gasteiger partial charge in [-0.05, 0) is 25.0 Å². The van der Waals surface area contributed by atoms with Gasteiger partial charge >= 0.3 is 0 Å². The van der Waals surface area contributed by atoms with Gasteiger partial charge in [0.25, 0.3) is 5.91 Å². The quantitative estimate of drug-likeness (QED) is 0.841. The maximum atomic E-state index is 13.3. The van der Waals surface area contributed by atoms with Crippen molar-refractivity contribution in [2.24, 2.45) is 0 Å². The van der Waals surface area contributed by atoms with Crippen molar-refractivity contribution < 1.29 is 9.53 Å². The zero-order valence-electron chi connectivity index (χ0n) is 16.5. The number of amides is 1. The molecule has 0 spiro atoms. The van der Waals surface area contributed by atoms with Crippen molar-refractivity contribution in [1.82, 2.24) is 25.2 Å². The van der Waals surface area contributed by atoms with Crippen LogP contribution in [0.2, 0.25) is 0 Å². The number of aromatic nitrogens is 3. The van der Waals surface area contributed by atoms with Crippen molar-refractivity contribution in [2.75, 3.05) is 44.3 Å². The summed E-state index contributed by atoms with van der Waals surface area (Å²) >= 11 is 0. The first-order valence-electron chi connectivity index (χ1n) is 10.4. The Morgan fingerprint density at radius 3 is 3.00 bits per heavy atom. The van der Waals surface area contributed by atoms with Gasteiger partial charge in [-0.3, -0.25) is 4.79 Å². The molecule has 29 heavy (non-hydrogen) atoms. The normalized spacial score (nSPS) is 21.9. The number of carbonyl (C=O) groups excluding carboxylic acids is 1. The Morgan fingerprint density at radius 2 is 2.10 bits per heavy atom. The Balaban J connectivity index is 1.38. The summed E-state index contributed by atoms with van der Waals surface area (Å²) < 4.78 is 5.42. The summed E-state index contributed by atoms with van der Waals surface area (Å²) in [6.07, 6.45) is 6.45. The minimum Gasteiger partial charge on any atom is -0.378 e. The molecule has 2 aromatic heterocycles. The summed E-state index contributed by atoms with van der Waals surface area (Å²) in [6, 6.07) is 3.66. The van der Waals surface area contributed by atoms with Crippen LogP contribution in [0.5, 0.6) is 0 Å². The lowest BCUT2D eigenvalue weighted by Gasteiger charge is -2.28. The Morgan fingerprint density at radius 1 is 1.21 bits per heavy atom. The van der Waals surface area contributed by atoms with Crippen molar-refractivity contribution in [1.29, 1.82) is 0 Å². The third-order valence-corrected chi connectivity index (χ3v) is 5.97. The molecule has 3 aliphatic rings. The highest BCUT2D eigenvalue weighted by molar-refractivity contribution is 5.95. The molecule has 5 heterocycles.